The Morgan fingerprint density at radius 2 is 1.85 bits per heavy atom. The highest BCUT2D eigenvalue weighted by Gasteiger charge is 2.26. The second-order valence-electron chi connectivity index (χ2n) is 10.1. The van der Waals surface area contributed by atoms with Crippen LogP contribution in [0.25, 0.3) is 0 Å². The van der Waals surface area contributed by atoms with Gasteiger partial charge in [0.05, 0.1) is 19.0 Å². The number of benzene rings is 2. The number of carbonyl (C=O) groups excluding carboxylic acids is 2. The summed E-state index contributed by atoms with van der Waals surface area (Å²) in [6.07, 6.45) is 1.83. The quantitative estimate of drug-likeness (QED) is 0.350. The van der Waals surface area contributed by atoms with E-state index in [1.54, 1.807) is 30.2 Å². The standard InChI is InChI=1S/C29H33FN6O5/c1-6-25(37)32-19-8-7-9-21(16-19)40-26-22(30)18-31-27(34-26)33-23-11-10-20(17-24(23)39-5)35-12-14-36(15-13-35)28(38)41-29(2,3)4/h6-11,16-18H,1,12-15H2,2-5H3,(H,32,37)(H,31,33,34). The van der Waals surface area contributed by atoms with Crippen molar-refractivity contribution < 1.29 is 28.2 Å². The minimum atomic E-state index is -0.760. The average Bonchev–Trinajstić information content (AvgIpc) is 2.94. The molecule has 216 valence electrons. The maximum atomic E-state index is 14.5. The smallest absolute Gasteiger partial charge is 0.410 e. The number of piperazine rings is 1. The summed E-state index contributed by atoms with van der Waals surface area (Å²) in [5, 5.41) is 5.66. The molecule has 1 aliphatic heterocycles. The minimum Gasteiger partial charge on any atom is -0.494 e. The van der Waals surface area contributed by atoms with Gasteiger partial charge in [-0.15, -0.1) is 0 Å². The van der Waals surface area contributed by atoms with Gasteiger partial charge in [0.15, 0.2) is 0 Å². The van der Waals surface area contributed by atoms with E-state index in [1.807, 2.05) is 39.0 Å². The predicted molar refractivity (Wildman–Crippen MR) is 154 cm³/mol. The molecule has 0 aliphatic carbocycles. The van der Waals surface area contributed by atoms with Crippen molar-refractivity contribution in [1.29, 1.82) is 0 Å². The molecule has 2 aromatic carbocycles. The number of anilines is 4. The van der Waals surface area contributed by atoms with Crippen LogP contribution in [-0.2, 0) is 9.53 Å². The van der Waals surface area contributed by atoms with Crippen molar-refractivity contribution in [3.05, 3.63) is 67.1 Å². The molecule has 1 aromatic heterocycles. The fraction of sp³-hybridized carbons (Fsp3) is 0.310. The Labute approximate surface area is 237 Å². The number of hydrogen-bond donors (Lipinski definition) is 2. The van der Waals surface area contributed by atoms with Gasteiger partial charge in [0.2, 0.25) is 17.7 Å². The van der Waals surface area contributed by atoms with Crippen LogP contribution in [0.15, 0.2) is 61.3 Å². The average molecular weight is 565 g/mol. The zero-order valence-electron chi connectivity index (χ0n) is 23.4. The topological polar surface area (TPSA) is 118 Å². The summed E-state index contributed by atoms with van der Waals surface area (Å²) in [7, 11) is 1.54. The Morgan fingerprint density at radius 3 is 2.54 bits per heavy atom. The second kappa shape index (κ2) is 12.5. The van der Waals surface area contributed by atoms with Crippen LogP contribution in [0.4, 0.5) is 32.2 Å². The zero-order valence-corrected chi connectivity index (χ0v) is 23.4. The lowest BCUT2D eigenvalue weighted by Crippen LogP contribution is -2.50. The van der Waals surface area contributed by atoms with E-state index in [1.165, 1.54) is 6.07 Å². The number of nitrogens with one attached hydrogen (secondary N) is 2. The fourth-order valence-electron chi connectivity index (χ4n) is 4.00. The summed E-state index contributed by atoms with van der Waals surface area (Å²) < 4.78 is 31.2. The first kappa shape index (κ1) is 29.1. The summed E-state index contributed by atoms with van der Waals surface area (Å²) >= 11 is 0. The largest absolute Gasteiger partial charge is 0.494 e. The number of carbonyl (C=O) groups is 2. The van der Waals surface area contributed by atoms with Crippen LogP contribution in [0.3, 0.4) is 0 Å². The maximum absolute atomic E-state index is 14.5. The van der Waals surface area contributed by atoms with Gasteiger partial charge in [-0.05, 0) is 51.1 Å². The molecule has 12 heteroatoms. The number of rotatable bonds is 8. The van der Waals surface area contributed by atoms with Gasteiger partial charge in [-0.1, -0.05) is 12.6 Å². The molecule has 4 rings (SSSR count). The first-order valence-electron chi connectivity index (χ1n) is 13.0. The number of aromatic nitrogens is 2. The van der Waals surface area contributed by atoms with Crippen molar-refractivity contribution in [3.63, 3.8) is 0 Å². The van der Waals surface area contributed by atoms with Crippen LogP contribution in [0.5, 0.6) is 17.4 Å². The normalized spacial score (nSPS) is 13.3. The van der Waals surface area contributed by atoms with Crippen LogP contribution in [0, 0.1) is 5.82 Å². The summed E-state index contributed by atoms with van der Waals surface area (Å²) in [6.45, 7) is 11.3. The third kappa shape index (κ3) is 7.84. The van der Waals surface area contributed by atoms with Crippen LogP contribution in [-0.4, -0.2) is 65.8 Å². The lowest BCUT2D eigenvalue weighted by Gasteiger charge is -2.37. The predicted octanol–water partition coefficient (Wildman–Crippen LogP) is 5.34. The molecule has 0 spiro atoms. The van der Waals surface area contributed by atoms with Crippen molar-refractivity contribution in [3.8, 4) is 17.4 Å². The summed E-state index contributed by atoms with van der Waals surface area (Å²) in [5.41, 5.74) is 1.40. The van der Waals surface area contributed by atoms with E-state index in [0.29, 0.717) is 43.3 Å². The molecule has 2 amide bonds. The number of methoxy groups -OCH3 is 1. The van der Waals surface area contributed by atoms with Gasteiger partial charge in [0, 0.05) is 49.7 Å². The Hall–Kier alpha value is -4.87. The molecule has 0 radical (unpaired) electrons. The van der Waals surface area contributed by atoms with E-state index in [0.717, 1.165) is 18.0 Å². The van der Waals surface area contributed by atoms with E-state index in [2.05, 4.69) is 32.1 Å². The number of nitrogens with zero attached hydrogens (tertiary/aromatic N) is 4. The van der Waals surface area contributed by atoms with Gasteiger partial charge in [0.25, 0.3) is 5.88 Å². The van der Waals surface area contributed by atoms with E-state index in [9.17, 15) is 14.0 Å². The Bertz CT molecular complexity index is 1420. The number of amides is 2. The van der Waals surface area contributed by atoms with Crippen molar-refractivity contribution in [2.45, 2.75) is 26.4 Å². The Kier molecular flexibility index (Phi) is 8.91. The number of halogens is 1. The highest BCUT2D eigenvalue weighted by Crippen LogP contribution is 2.33. The van der Waals surface area contributed by atoms with Crippen LogP contribution in [0.2, 0.25) is 0 Å². The molecule has 2 N–H and O–H groups in total. The van der Waals surface area contributed by atoms with Crippen molar-refractivity contribution in [1.82, 2.24) is 14.9 Å². The molecule has 0 atom stereocenters. The minimum absolute atomic E-state index is 0.0922. The monoisotopic (exact) mass is 564 g/mol. The van der Waals surface area contributed by atoms with Crippen molar-refractivity contribution in [2.24, 2.45) is 0 Å². The fourth-order valence-corrected chi connectivity index (χ4v) is 4.00. The van der Waals surface area contributed by atoms with Crippen LogP contribution < -0.4 is 25.0 Å². The molecule has 41 heavy (non-hydrogen) atoms. The van der Waals surface area contributed by atoms with Gasteiger partial charge in [-0.3, -0.25) is 4.79 Å². The zero-order chi connectivity index (χ0) is 29.6. The summed E-state index contributed by atoms with van der Waals surface area (Å²) in [6, 6.07) is 12.0. The highest BCUT2D eigenvalue weighted by molar-refractivity contribution is 5.98. The molecule has 1 fully saturated rings. The SMILES string of the molecule is C=CC(=O)Nc1cccc(Oc2nc(Nc3ccc(N4CCN(C(=O)OC(C)(C)C)CC4)cc3OC)ncc2F)c1. The number of ether oxygens (including phenoxy) is 3. The number of hydrogen-bond acceptors (Lipinski definition) is 9. The van der Waals surface area contributed by atoms with Crippen LogP contribution in [0.1, 0.15) is 20.8 Å². The van der Waals surface area contributed by atoms with E-state index in [-0.39, 0.29) is 29.6 Å². The molecular formula is C29H33FN6O5. The van der Waals surface area contributed by atoms with E-state index < -0.39 is 11.4 Å². The molecule has 2 heterocycles. The summed E-state index contributed by atoms with van der Waals surface area (Å²) in [5.74, 6) is -0.557. The highest BCUT2D eigenvalue weighted by atomic mass is 19.1. The molecule has 1 saturated heterocycles. The summed E-state index contributed by atoms with van der Waals surface area (Å²) in [4.78, 5) is 36.0. The van der Waals surface area contributed by atoms with Crippen molar-refractivity contribution >= 4 is 35.0 Å². The maximum Gasteiger partial charge on any atom is 0.410 e. The van der Waals surface area contributed by atoms with Crippen LogP contribution >= 0.6 is 0 Å². The lowest BCUT2D eigenvalue weighted by atomic mass is 10.2. The molecule has 0 saturated carbocycles. The van der Waals surface area contributed by atoms with Gasteiger partial charge in [-0.25, -0.2) is 9.78 Å². The Balaban J connectivity index is 1.43. The lowest BCUT2D eigenvalue weighted by molar-refractivity contribution is -0.111. The second-order valence-corrected chi connectivity index (χ2v) is 10.1. The van der Waals surface area contributed by atoms with Crippen molar-refractivity contribution in [2.75, 3.05) is 48.8 Å². The van der Waals surface area contributed by atoms with E-state index >= 15 is 0 Å². The third-order valence-electron chi connectivity index (χ3n) is 5.94. The molecule has 11 nitrogen and oxygen atoms in total. The molecular weight excluding hydrogens is 531 g/mol. The van der Waals surface area contributed by atoms with Gasteiger partial charge in [-0.2, -0.15) is 9.37 Å². The molecule has 1 aliphatic rings. The Morgan fingerprint density at radius 1 is 1.10 bits per heavy atom. The van der Waals surface area contributed by atoms with Gasteiger partial charge in [0.1, 0.15) is 17.1 Å². The molecule has 3 aromatic rings. The molecule has 0 unspecified atom stereocenters. The first-order valence-corrected chi connectivity index (χ1v) is 13.0. The van der Waals surface area contributed by atoms with E-state index in [4.69, 9.17) is 14.2 Å². The van der Waals surface area contributed by atoms with Gasteiger partial charge >= 0.3 is 6.09 Å². The first-order chi connectivity index (χ1) is 19.5. The molecule has 0 bridgehead atoms. The van der Waals surface area contributed by atoms with Gasteiger partial charge < -0.3 is 34.6 Å². The third-order valence-corrected chi connectivity index (χ3v) is 5.94.